The van der Waals surface area contributed by atoms with Gasteiger partial charge in [0.1, 0.15) is 0 Å². The van der Waals surface area contributed by atoms with Crippen LogP contribution in [0.15, 0.2) is 18.2 Å². The van der Waals surface area contributed by atoms with Crippen molar-refractivity contribution < 1.29 is 4.92 Å². The van der Waals surface area contributed by atoms with Crippen LogP contribution in [0.3, 0.4) is 0 Å². The molecule has 0 amide bonds. The summed E-state index contributed by atoms with van der Waals surface area (Å²) < 4.78 is 0. The third-order valence-corrected chi connectivity index (χ3v) is 3.11. The highest BCUT2D eigenvalue weighted by molar-refractivity contribution is 5.59. The number of benzene rings is 1. The summed E-state index contributed by atoms with van der Waals surface area (Å²) in [4.78, 5) is 12.7. The van der Waals surface area contributed by atoms with Crippen molar-refractivity contribution in [1.29, 1.82) is 0 Å². The van der Waals surface area contributed by atoms with Crippen molar-refractivity contribution in [1.82, 2.24) is 0 Å². The predicted molar refractivity (Wildman–Crippen MR) is 63.9 cm³/mol. The normalized spacial score (nSPS) is 15.4. The van der Waals surface area contributed by atoms with Gasteiger partial charge in [-0.05, 0) is 24.8 Å². The van der Waals surface area contributed by atoms with Gasteiger partial charge in [0.25, 0.3) is 5.69 Å². The number of nitrogens with zero attached hydrogens (tertiary/aromatic N) is 2. The maximum atomic E-state index is 10.8. The second-order valence-corrected chi connectivity index (χ2v) is 4.12. The predicted octanol–water partition coefficient (Wildman–Crippen LogP) is 2.76. The summed E-state index contributed by atoms with van der Waals surface area (Å²) in [7, 11) is 0. The van der Waals surface area contributed by atoms with Crippen molar-refractivity contribution in [3.05, 3.63) is 33.9 Å². The monoisotopic (exact) mass is 220 g/mol. The molecule has 16 heavy (non-hydrogen) atoms. The fourth-order valence-corrected chi connectivity index (χ4v) is 2.22. The van der Waals surface area contributed by atoms with Gasteiger partial charge in [0.05, 0.1) is 4.92 Å². The van der Waals surface area contributed by atoms with Crippen molar-refractivity contribution >= 4 is 11.4 Å². The Morgan fingerprint density at radius 1 is 1.38 bits per heavy atom. The van der Waals surface area contributed by atoms with E-state index >= 15 is 0 Å². The molecule has 4 nitrogen and oxygen atoms in total. The molecular weight excluding hydrogens is 204 g/mol. The number of hydrogen-bond acceptors (Lipinski definition) is 3. The number of hydrogen-bond donors (Lipinski definition) is 0. The molecule has 0 aromatic heterocycles. The van der Waals surface area contributed by atoms with Crippen LogP contribution >= 0.6 is 0 Å². The van der Waals surface area contributed by atoms with Crippen LogP contribution in [0, 0.1) is 10.1 Å². The van der Waals surface area contributed by atoms with Crippen LogP contribution in [-0.4, -0.2) is 18.0 Å². The van der Waals surface area contributed by atoms with E-state index in [1.54, 1.807) is 12.1 Å². The molecule has 0 N–H and O–H groups in total. The van der Waals surface area contributed by atoms with E-state index < -0.39 is 0 Å². The highest BCUT2D eigenvalue weighted by atomic mass is 16.6. The van der Waals surface area contributed by atoms with Gasteiger partial charge in [-0.15, -0.1) is 0 Å². The number of rotatable bonds is 3. The zero-order valence-corrected chi connectivity index (χ0v) is 9.48. The Bertz CT molecular complexity index is 398. The van der Waals surface area contributed by atoms with Crippen LogP contribution in [0.2, 0.25) is 0 Å². The lowest BCUT2D eigenvalue weighted by atomic mass is 10.1. The van der Waals surface area contributed by atoms with Crippen LogP contribution in [0.5, 0.6) is 0 Å². The molecule has 4 heteroatoms. The first kappa shape index (κ1) is 10.9. The van der Waals surface area contributed by atoms with Gasteiger partial charge in [0.2, 0.25) is 0 Å². The van der Waals surface area contributed by atoms with Crippen LogP contribution in [0.25, 0.3) is 0 Å². The molecule has 1 fully saturated rings. The fraction of sp³-hybridized carbons (Fsp3) is 0.500. The number of aryl methyl sites for hydroxylation is 1. The van der Waals surface area contributed by atoms with E-state index in [9.17, 15) is 10.1 Å². The third-order valence-electron chi connectivity index (χ3n) is 3.11. The molecule has 86 valence electrons. The first-order chi connectivity index (χ1) is 7.72. The average Bonchev–Trinajstić information content (AvgIpc) is 2.81. The van der Waals surface area contributed by atoms with Crippen molar-refractivity contribution in [3.63, 3.8) is 0 Å². The van der Waals surface area contributed by atoms with E-state index in [-0.39, 0.29) is 10.6 Å². The van der Waals surface area contributed by atoms with Crippen molar-refractivity contribution in [2.45, 2.75) is 26.2 Å². The van der Waals surface area contributed by atoms with Gasteiger partial charge in [-0.1, -0.05) is 13.0 Å². The Morgan fingerprint density at radius 2 is 2.06 bits per heavy atom. The zero-order chi connectivity index (χ0) is 11.5. The van der Waals surface area contributed by atoms with Crippen molar-refractivity contribution in [3.8, 4) is 0 Å². The lowest BCUT2D eigenvalue weighted by molar-refractivity contribution is -0.384. The van der Waals surface area contributed by atoms with Crippen LogP contribution in [0.4, 0.5) is 11.4 Å². The lowest BCUT2D eigenvalue weighted by Crippen LogP contribution is -2.19. The van der Waals surface area contributed by atoms with Gasteiger partial charge < -0.3 is 4.90 Å². The Kier molecular flexibility index (Phi) is 3.08. The van der Waals surface area contributed by atoms with E-state index in [0.29, 0.717) is 0 Å². The smallest absolute Gasteiger partial charge is 0.271 e. The van der Waals surface area contributed by atoms with Gasteiger partial charge in [0, 0.05) is 30.9 Å². The molecule has 1 aromatic rings. The number of nitro benzene ring substituents is 1. The Labute approximate surface area is 95.0 Å². The molecule has 0 unspecified atom stereocenters. The van der Waals surface area contributed by atoms with Crippen LogP contribution in [0.1, 0.15) is 25.3 Å². The van der Waals surface area contributed by atoms with E-state index in [1.807, 2.05) is 6.07 Å². The molecule has 0 aliphatic carbocycles. The first-order valence-electron chi connectivity index (χ1n) is 5.74. The minimum absolute atomic E-state index is 0.194. The van der Waals surface area contributed by atoms with Gasteiger partial charge in [0.15, 0.2) is 0 Å². The Hall–Kier alpha value is -1.58. The summed E-state index contributed by atoms with van der Waals surface area (Å²) in [6.45, 7) is 4.13. The van der Waals surface area contributed by atoms with E-state index in [2.05, 4.69) is 11.8 Å². The summed E-state index contributed by atoms with van der Waals surface area (Å²) in [5.41, 5.74) is 2.45. The molecule has 1 saturated heterocycles. The lowest BCUT2D eigenvalue weighted by Gasteiger charge is -2.20. The summed E-state index contributed by atoms with van der Waals surface area (Å²) in [5, 5.41) is 10.8. The molecule has 0 bridgehead atoms. The van der Waals surface area contributed by atoms with E-state index in [1.165, 1.54) is 18.4 Å². The second-order valence-electron chi connectivity index (χ2n) is 4.12. The van der Waals surface area contributed by atoms with E-state index in [0.717, 1.165) is 25.2 Å². The number of nitro groups is 1. The topological polar surface area (TPSA) is 46.4 Å². The van der Waals surface area contributed by atoms with Gasteiger partial charge in [-0.2, -0.15) is 0 Å². The van der Waals surface area contributed by atoms with Crippen molar-refractivity contribution in [2.75, 3.05) is 18.0 Å². The standard InChI is InChI=1S/C12H16N2O2/c1-2-10-5-6-11(14(15)16)9-12(10)13-7-3-4-8-13/h5-6,9H,2-4,7-8H2,1H3. The van der Waals surface area contributed by atoms with Crippen LogP contribution < -0.4 is 4.90 Å². The number of anilines is 1. The largest absolute Gasteiger partial charge is 0.371 e. The second kappa shape index (κ2) is 4.51. The summed E-state index contributed by atoms with van der Waals surface area (Å²) in [5.74, 6) is 0. The maximum Gasteiger partial charge on any atom is 0.271 e. The Balaban J connectivity index is 2.38. The summed E-state index contributed by atoms with van der Waals surface area (Å²) >= 11 is 0. The molecule has 2 rings (SSSR count). The van der Waals surface area contributed by atoms with E-state index in [4.69, 9.17) is 0 Å². The SMILES string of the molecule is CCc1ccc([N+](=O)[O-])cc1N1CCCC1. The Morgan fingerprint density at radius 3 is 2.62 bits per heavy atom. The third kappa shape index (κ3) is 2.01. The highest BCUT2D eigenvalue weighted by Crippen LogP contribution is 2.29. The van der Waals surface area contributed by atoms with Crippen molar-refractivity contribution in [2.24, 2.45) is 0 Å². The molecule has 0 atom stereocenters. The quantitative estimate of drug-likeness (QED) is 0.581. The van der Waals surface area contributed by atoms with Gasteiger partial charge in [-0.25, -0.2) is 0 Å². The molecular formula is C12H16N2O2. The minimum Gasteiger partial charge on any atom is -0.371 e. The summed E-state index contributed by atoms with van der Waals surface area (Å²) in [6.07, 6.45) is 3.29. The number of non-ortho nitro benzene ring substituents is 1. The maximum absolute atomic E-state index is 10.8. The molecule has 0 radical (unpaired) electrons. The molecule has 0 spiro atoms. The molecule has 0 saturated carbocycles. The average molecular weight is 220 g/mol. The van der Waals surface area contributed by atoms with Crippen LogP contribution in [-0.2, 0) is 6.42 Å². The summed E-state index contributed by atoms with van der Waals surface area (Å²) in [6, 6.07) is 5.19. The van der Waals surface area contributed by atoms with Gasteiger partial charge >= 0.3 is 0 Å². The molecule has 1 aromatic carbocycles. The molecule has 1 aliphatic rings. The first-order valence-corrected chi connectivity index (χ1v) is 5.74. The molecule has 1 heterocycles. The van der Waals surface area contributed by atoms with Gasteiger partial charge in [-0.3, -0.25) is 10.1 Å². The fourth-order valence-electron chi connectivity index (χ4n) is 2.22. The zero-order valence-electron chi connectivity index (χ0n) is 9.48. The highest BCUT2D eigenvalue weighted by Gasteiger charge is 2.18. The molecule has 1 aliphatic heterocycles. The minimum atomic E-state index is -0.320.